The number of amides is 3. The number of aromatic amines is 1. The second kappa shape index (κ2) is 14.4. The second-order valence-corrected chi connectivity index (χ2v) is 11.6. The number of nitrogens with one attached hydrogen (secondary N) is 4. The van der Waals surface area contributed by atoms with Crippen molar-refractivity contribution in [2.24, 2.45) is 0 Å². The van der Waals surface area contributed by atoms with Gasteiger partial charge in [-0.3, -0.25) is 23.7 Å². The van der Waals surface area contributed by atoms with E-state index in [-0.39, 0.29) is 30.5 Å². The van der Waals surface area contributed by atoms with Crippen LogP contribution in [0, 0.1) is 25.5 Å². The average Bonchev–Trinajstić information content (AvgIpc) is 3.50. The van der Waals surface area contributed by atoms with E-state index in [0.29, 0.717) is 52.4 Å². The molecular formula is C35H35F2N7O4. The summed E-state index contributed by atoms with van der Waals surface area (Å²) in [5.74, 6) is -3.12. The number of carbonyl (C=O) groups is 3. The molecule has 248 valence electrons. The zero-order valence-corrected chi connectivity index (χ0v) is 26.9. The average molecular weight is 656 g/mol. The first-order valence-corrected chi connectivity index (χ1v) is 15.2. The smallest absolute Gasteiger partial charge is 0.266 e. The quantitative estimate of drug-likeness (QED) is 0.182. The van der Waals surface area contributed by atoms with Gasteiger partial charge in [0.1, 0.15) is 5.56 Å². The van der Waals surface area contributed by atoms with Gasteiger partial charge in [-0.15, -0.1) is 0 Å². The molecule has 0 aliphatic carbocycles. The van der Waals surface area contributed by atoms with E-state index in [2.05, 4.69) is 25.9 Å². The van der Waals surface area contributed by atoms with Crippen molar-refractivity contribution in [3.05, 3.63) is 122 Å². The van der Waals surface area contributed by atoms with Crippen LogP contribution in [0.5, 0.6) is 0 Å². The molecule has 2 aromatic heterocycles. The molecule has 11 nitrogen and oxygen atoms in total. The summed E-state index contributed by atoms with van der Waals surface area (Å²) in [6.45, 7) is 4.91. The Morgan fingerprint density at radius 1 is 1.02 bits per heavy atom. The molecule has 3 heterocycles. The molecule has 48 heavy (non-hydrogen) atoms. The van der Waals surface area contributed by atoms with Crippen molar-refractivity contribution in [2.45, 2.75) is 20.4 Å². The third-order valence-electron chi connectivity index (χ3n) is 7.84. The highest BCUT2D eigenvalue weighted by molar-refractivity contribution is 6.35. The molecule has 0 radical (unpaired) electrons. The fourth-order valence-electron chi connectivity index (χ4n) is 5.34. The van der Waals surface area contributed by atoms with Gasteiger partial charge in [0, 0.05) is 48.5 Å². The molecular weight excluding hydrogens is 620 g/mol. The largest absolute Gasteiger partial charge is 0.358 e. The van der Waals surface area contributed by atoms with Gasteiger partial charge < -0.3 is 25.8 Å². The highest BCUT2D eigenvalue weighted by atomic mass is 19.2. The molecule has 0 fully saturated rings. The number of likely N-dealkylation sites (N-methyl/N-ethyl adjacent to an activating group) is 1. The lowest BCUT2D eigenvalue weighted by Gasteiger charge is -2.10. The third-order valence-corrected chi connectivity index (χ3v) is 7.84. The molecule has 3 amide bonds. The Kier molecular flexibility index (Phi) is 10.1. The van der Waals surface area contributed by atoms with Crippen molar-refractivity contribution >= 4 is 41.1 Å². The molecule has 1 aliphatic heterocycles. The van der Waals surface area contributed by atoms with Crippen LogP contribution in [0.4, 0.5) is 14.5 Å². The Morgan fingerprint density at radius 2 is 1.81 bits per heavy atom. The van der Waals surface area contributed by atoms with Crippen LogP contribution in [0.15, 0.2) is 59.8 Å². The molecule has 0 saturated carbocycles. The fourth-order valence-corrected chi connectivity index (χ4v) is 5.34. The van der Waals surface area contributed by atoms with Crippen LogP contribution in [0.25, 0.3) is 17.7 Å². The van der Waals surface area contributed by atoms with Crippen molar-refractivity contribution in [1.29, 1.82) is 0 Å². The number of anilines is 1. The molecule has 2 aromatic carbocycles. The maximum atomic E-state index is 13.6. The van der Waals surface area contributed by atoms with Crippen molar-refractivity contribution in [2.75, 3.05) is 39.0 Å². The number of aryl methyl sites for hydroxylation is 1. The number of nitrogens with zero attached hydrogens (tertiary/aromatic N) is 3. The summed E-state index contributed by atoms with van der Waals surface area (Å²) in [6.07, 6.45) is 7.57. The third kappa shape index (κ3) is 7.47. The van der Waals surface area contributed by atoms with Gasteiger partial charge in [0.25, 0.3) is 23.3 Å². The van der Waals surface area contributed by atoms with Crippen molar-refractivity contribution in [3.63, 3.8) is 0 Å². The summed E-state index contributed by atoms with van der Waals surface area (Å²) in [6, 6.07) is 8.76. The monoisotopic (exact) mass is 655 g/mol. The fraction of sp³-hybridized carbons (Fsp3) is 0.229. The number of benzene rings is 2. The Labute approximate surface area is 275 Å². The molecule has 0 saturated heterocycles. The van der Waals surface area contributed by atoms with Gasteiger partial charge in [0.2, 0.25) is 0 Å². The minimum Gasteiger partial charge on any atom is -0.358 e. The first kappa shape index (κ1) is 33.7. The lowest BCUT2D eigenvalue weighted by atomic mass is 10.0. The van der Waals surface area contributed by atoms with Crippen LogP contribution in [-0.2, 0) is 11.3 Å². The summed E-state index contributed by atoms with van der Waals surface area (Å²) in [5, 5.41) is 8.46. The summed E-state index contributed by atoms with van der Waals surface area (Å²) in [5.41, 5.74) is 4.77. The van der Waals surface area contributed by atoms with Gasteiger partial charge in [-0.25, -0.2) is 13.8 Å². The van der Waals surface area contributed by atoms with Gasteiger partial charge in [-0.05, 0) is 68.9 Å². The van der Waals surface area contributed by atoms with E-state index in [4.69, 9.17) is 0 Å². The van der Waals surface area contributed by atoms with Gasteiger partial charge in [0.05, 0.1) is 24.0 Å². The topological polar surface area (TPSA) is 141 Å². The Morgan fingerprint density at radius 3 is 2.56 bits per heavy atom. The van der Waals surface area contributed by atoms with Crippen LogP contribution in [0.3, 0.4) is 0 Å². The van der Waals surface area contributed by atoms with Crippen LogP contribution in [-0.4, -0.2) is 70.9 Å². The van der Waals surface area contributed by atoms with Crippen LogP contribution in [0.2, 0.25) is 0 Å². The molecule has 13 heteroatoms. The van der Waals surface area contributed by atoms with E-state index < -0.39 is 23.1 Å². The van der Waals surface area contributed by atoms with Gasteiger partial charge in [-0.2, -0.15) is 0 Å². The van der Waals surface area contributed by atoms with E-state index in [1.54, 1.807) is 24.3 Å². The van der Waals surface area contributed by atoms with Gasteiger partial charge in [-0.1, -0.05) is 30.4 Å². The van der Waals surface area contributed by atoms with E-state index in [1.807, 2.05) is 45.0 Å². The summed E-state index contributed by atoms with van der Waals surface area (Å²) < 4.78 is 28.0. The number of hydrogen-bond acceptors (Lipinski definition) is 6. The van der Waals surface area contributed by atoms with Crippen molar-refractivity contribution < 1.29 is 23.2 Å². The summed E-state index contributed by atoms with van der Waals surface area (Å²) in [7, 11) is 3.87. The zero-order valence-electron chi connectivity index (χ0n) is 26.9. The normalized spacial score (nSPS) is 13.3. The first-order valence-electron chi connectivity index (χ1n) is 15.2. The minimum atomic E-state index is -1.04. The van der Waals surface area contributed by atoms with E-state index in [9.17, 15) is 28.0 Å². The molecule has 4 aromatic rings. The number of aromatic nitrogens is 3. The number of halogens is 2. The SMILES string of the molecule is Cc1[nH]c(/C=C2\C(=O)Nc3cc(/C=C/CNC(=O)c4cncn(Cc5ccc(F)c(F)c5)c4=O)ccc32)c(C)c1C(=O)NCCN(C)C. The van der Waals surface area contributed by atoms with Gasteiger partial charge >= 0.3 is 0 Å². The lowest BCUT2D eigenvalue weighted by Crippen LogP contribution is -2.33. The maximum Gasteiger partial charge on any atom is 0.266 e. The highest BCUT2D eigenvalue weighted by Gasteiger charge is 2.26. The molecule has 0 spiro atoms. The van der Waals surface area contributed by atoms with E-state index >= 15 is 0 Å². The Balaban J connectivity index is 1.23. The van der Waals surface area contributed by atoms with E-state index in [0.717, 1.165) is 34.0 Å². The van der Waals surface area contributed by atoms with E-state index in [1.165, 1.54) is 12.4 Å². The zero-order chi connectivity index (χ0) is 34.5. The summed E-state index contributed by atoms with van der Waals surface area (Å²) in [4.78, 5) is 60.5. The Bertz CT molecular complexity index is 2030. The first-order chi connectivity index (χ1) is 22.9. The lowest BCUT2D eigenvalue weighted by molar-refractivity contribution is -0.110. The van der Waals surface area contributed by atoms with Gasteiger partial charge in [0.15, 0.2) is 11.6 Å². The van der Waals surface area contributed by atoms with Crippen LogP contribution >= 0.6 is 0 Å². The van der Waals surface area contributed by atoms with Crippen molar-refractivity contribution in [1.82, 2.24) is 30.1 Å². The summed E-state index contributed by atoms with van der Waals surface area (Å²) >= 11 is 0. The number of hydrogen-bond donors (Lipinski definition) is 4. The standard InChI is InChI=1S/C35H35F2N7O4/c1-20-29(41-21(2)31(20)34(47)40-12-13-43(3)4)16-25-24-9-7-22(15-30(24)42-33(25)46)6-5-11-39-32(45)26-17-38-19-44(35(26)48)18-23-8-10-27(36)28(37)14-23/h5-10,14-17,19,41H,11-13,18H2,1-4H3,(H,39,45)(H,40,47)(H,42,46)/b6-5+,25-16-. The molecule has 5 rings (SSSR count). The molecule has 0 atom stereocenters. The molecule has 0 unspecified atom stereocenters. The maximum absolute atomic E-state index is 13.6. The second-order valence-electron chi connectivity index (χ2n) is 11.6. The number of fused-ring (bicyclic) bond motifs is 1. The predicted molar refractivity (Wildman–Crippen MR) is 179 cm³/mol. The Hall–Kier alpha value is -5.69. The molecule has 0 bridgehead atoms. The minimum absolute atomic E-state index is 0.0877. The van der Waals surface area contributed by atoms with Crippen LogP contribution < -0.4 is 21.5 Å². The van der Waals surface area contributed by atoms with Crippen molar-refractivity contribution in [3.8, 4) is 0 Å². The molecule has 4 N–H and O–H groups in total. The van der Waals surface area contributed by atoms with Crippen LogP contribution in [0.1, 0.15) is 54.4 Å². The predicted octanol–water partition coefficient (Wildman–Crippen LogP) is 3.74. The number of rotatable bonds is 11. The number of carbonyl (C=O) groups excluding carboxylic acids is 3. The highest BCUT2D eigenvalue weighted by Crippen LogP contribution is 2.35. The molecule has 1 aliphatic rings. The number of H-pyrrole nitrogens is 1.